The van der Waals surface area contributed by atoms with Crippen LogP contribution in [0.2, 0.25) is 0 Å². The van der Waals surface area contributed by atoms with Crippen molar-refractivity contribution in [3.05, 3.63) is 78.3 Å². The highest BCUT2D eigenvalue weighted by atomic mass is 19.1. The molecule has 230 valence electrons. The zero-order chi connectivity index (χ0) is 30.9. The highest BCUT2D eigenvalue weighted by Gasteiger charge is 2.19. The molecule has 0 unspecified atom stereocenters. The Labute approximate surface area is 259 Å². The summed E-state index contributed by atoms with van der Waals surface area (Å²) in [6.45, 7) is 4.50. The summed E-state index contributed by atoms with van der Waals surface area (Å²) in [6, 6.07) is 12.2. The van der Waals surface area contributed by atoms with Crippen LogP contribution in [0, 0.1) is 11.6 Å². The van der Waals surface area contributed by atoms with Crippen molar-refractivity contribution in [1.29, 1.82) is 0 Å². The Morgan fingerprint density at radius 1 is 0.956 bits per heavy atom. The maximum atomic E-state index is 15.4. The molecule has 0 spiro atoms. The highest BCUT2D eigenvalue weighted by molar-refractivity contribution is 5.98. The number of hydrogen-bond acceptors (Lipinski definition) is 7. The van der Waals surface area contributed by atoms with Gasteiger partial charge in [0.05, 0.1) is 5.52 Å². The molecule has 0 saturated carbocycles. The predicted octanol–water partition coefficient (Wildman–Crippen LogP) is 6.47. The van der Waals surface area contributed by atoms with E-state index in [1.165, 1.54) is 37.5 Å². The molecule has 9 nitrogen and oxygen atoms in total. The Hall–Kier alpha value is -4.74. The summed E-state index contributed by atoms with van der Waals surface area (Å²) in [5.41, 5.74) is 6.64. The minimum Gasteiger partial charge on any atom is -0.384 e. The van der Waals surface area contributed by atoms with Gasteiger partial charge in [0.15, 0.2) is 17.3 Å². The number of nitrogens with zero attached hydrogens (tertiary/aromatic N) is 6. The average molecular weight is 608 g/mol. The van der Waals surface area contributed by atoms with E-state index >= 15 is 4.39 Å². The third kappa shape index (κ3) is 6.13. The van der Waals surface area contributed by atoms with E-state index in [9.17, 15) is 4.39 Å². The molecule has 0 radical (unpaired) electrons. The van der Waals surface area contributed by atoms with Crippen LogP contribution in [-0.4, -0.2) is 80.2 Å². The standard InChI is InChI=1S/C34H35F2N9/c1-44(2)11-8-38-26-14-23(13-25(35)17-26)27-6-7-39-33-31(27)40-34(41-33)32-28-15-22(16-29(36)30(28)42-43-32)24-12-21(18-37-19-24)20-45-9-4-3-5-10-45/h6-7,12-19,38H,3-5,8-11,20H2,1-2H3,(H,42,43)(H,39,40,41). The SMILES string of the molecule is CN(C)CCNc1cc(F)cc(-c2ccnc3nc(-c4[nH]nc5c(F)cc(-c6cncc(CN7CCCCC7)c6)cc45)[nH]c23)c1. The van der Waals surface area contributed by atoms with Crippen molar-refractivity contribution >= 4 is 27.8 Å². The van der Waals surface area contributed by atoms with E-state index in [1.807, 2.05) is 38.5 Å². The number of fused-ring (bicyclic) bond motifs is 2. The fourth-order valence-corrected chi connectivity index (χ4v) is 6.07. The number of benzene rings is 2. The van der Waals surface area contributed by atoms with Gasteiger partial charge in [0.1, 0.15) is 17.0 Å². The molecule has 0 atom stereocenters. The summed E-state index contributed by atoms with van der Waals surface area (Å²) < 4.78 is 30.1. The van der Waals surface area contributed by atoms with Gasteiger partial charge in [-0.2, -0.15) is 5.10 Å². The van der Waals surface area contributed by atoms with Gasteiger partial charge in [-0.05, 0) is 99.2 Å². The Morgan fingerprint density at radius 3 is 2.67 bits per heavy atom. The molecule has 1 aliphatic heterocycles. The number of aromatic nitrogens is 6. The van der Waals surface area contributed by atoms with Crippen molar-refractivity contribution < 1.29 is 8.78 Å². The molecule has 6 aromatic rings. The molecule has 0 bridgehead atoms. The number of halogens is 2. The van der Waals surface area contributed by atoms with Gasteiger partial charge in [0, 0.05) is 60.4 Å². The van der Waals surface area contributed by atoms with Crippen LogP contribution in [0.15, 0.2) is 61.1 Å². The quantitative estimate of drug-likeness (QED) is 0.173. The van der Waals surface area contributed by atoms with Gasteiger partial charge >= 0.3 is 0 Å². The third-order valence-corrected chi connectivity index (χ3v) is 8.32. The average Bonchev–Trinajstić information content (AvgIpc) is 3.66. The Balaban J connectivity index is 1.23. The van der Waals surface area contributed by atoms with Crippen LogP contribution < -0.4 is 5.32 Å². The minimum absolute atomic E-state index is 0.221. The van der Waals surface area contributed by atoms with Crippen molar-refractivity contribution in [2.24, 2.45) is 0 Å². The minimum atomic E-state index is -0.435. The number of pyridine rings is 2. The maximum absolute atomic E-state index is 15.4. The Morgan fingerprint density at radius 2 is 1.82 bits per heavy atom. The number of anilines is 1. The van der Waals surface area contributed by atoms with Crippen LogP contribution in [0.3, 0.4) is 0 Å². The van der Waals surface area contributed by atoms with E-state index in [4.69, 9.17) is 4.98 Å². The first kappa shape index (κ1) is 29.0. The van der Waals surface area contributed by atoms with Gasteiger partial charge < -0.3 is 15.2 Å². The molecule has 1 fully saturated rings. The lowest BCUT2D eigenvalue weighted by molar-refractivity contribution is 0.220. The Bertz CT molecular complexity index is 1970. The molecule has 1 saturated heterocycles. The zero-order valence-corrected chi connectivity index (χ0v) is 25.4. The molecular formula is C34H35F2N9. The number of H-pyrrole nitrogens is 2. The predicted molar refractivity (Wildman–Crippen MR) is 174 cm³/mol. The number of hydrogen-bond donors (Lipinski definition) is 3. The summed E-state index contributed by atoms with van der Waals surface area (Å²) in [6.07, 6.45) is 9.02. The third-order valence-electron chi connectivity index (χ3n) is 8.32. The van der Waals surface area contributed by atoms with Gasteiger partial charge in [-0.15, -0.1) is 0 Å². The molecule has 45 heavy (non-hydrogen) atoms. The smallest absolute Gasteiger partial charge is 0.178 e. The normalized spacial score (nSPS) is 14.2. The van der Waals surface area contributed by atoms with E-state index in [-0.39, 0.29) is 11.3 Å². The number of likely N-dealkylation sites (N-methyl/N-ethyl adjacent to an activating group) is 1. The van der Waals surface area contributed by atoms with Crippen molar-refractivity contribution in [3.63, 3.8) is 0 Å². The van der Waals surface area contributed by atoms with E-state index in [1.54, 1.807) is 12.4 Å². The second-order valence-electron chi connectivity index (χ2n) is 12.0. The molecule has 2 aromatic carbocycles. The fraction of sp³-hybridized carbons (Fsp3) is 0.294. The van der Waals surface area contributed by atoms with Crippen molar-refractivity contribution in [1.82, 2.24) is 39.9 Å². The van der Waals surface area contributed by atoms with Gasteiger partial charge in [-0.1, -0.05) is 6.42 Å². The molecular weight excluding hydrogens is 572 g/mol. The van der Waals surface area contributed by atoms with Crippen LogP contribution in [-0.2, 0) is 6.54 Å². The first-order valence-corrected chi connectivity index (χ1v) is 15.3. The van der Waals surface area contributed by atoms with Gasteiger partial charge in [0.25, 0.3) is 0 Å². The number of rotatable bonds is 9. The summed E-state index contributed by atoms with van der Waals surface area (Å²) >= 11 is 0. The lowest BCUT2D eigenvalue weighted by atomic mass is 10.0. The van der Waals surface area contributed by atoms with Crippen molar-refractivity contribution in [2.75, 3.05) is 45.6 Å². The number of likely N-dealkylation sites (tertiary alicyclic amines) is 1. The van der Waals surface area contributed by atoms with E-state index in [0.29, 0.717) is 51.4 Å². The Kier molecular flexibility index (Phi) is 7.95. The molecule has 0 aliphatic carbocycles. The van der Waals surface area contributed by atoms with Crippen LogP contribution in [0.4, 0.5) is 14.5 Å². The number of nitrogens with one attached hydrogen (secondary N) is 3. The molecule has 11 heteroatoms. The lowest BCUT2D eigenvalue weighted by Crippen LogP contribution is -2.29. The number of imidazole rings is 1. The van der Waals surface area contributed by atoms with Gasteiger partial charge in [-0.3, -0.25) is 15.0 Å². The van der Waals surface area contributed by atoms with Gasteiger partial charge in [-0.25, -0.2) is 18.7 Å². The molecule has 1 aliphatic rings. The topological polar surface area (TPSA) is 102 Å². The van der Waals surface area contributed by atoms with Crippen LogP contribution >= 0.6 is 0 Å². The molecule has 5 heterocycles. The highest BCUT2D eigenvalue weighted by Crippen LogP contribution is 2.34. The van der Waals surface area contributed by atoms with Crippen LogP contribution in [0.25, 0.3) is 55.8 Å². The summed E-state index contributed by atoms with van der Waals surface area (Å²) in [5, 5.41) is 11.1. The first-order valence-electron chi connectivity index (χ1n) is 15.3. The van der Waals surface area contributed by atoms with Crippen molar-refractivity contribution in [3.8, 4) is 33.8 Å². The van der Waals surface area contributed by atoms with Crippen LogP contribution in [0.1, 0.15) is 24.8 Å². The maximum Gasteiger partial charge on any atom is 0.178 e. The van der Waals surface area contributed by atoms with E-state index in [2.05, 4.69) is 46.3 Å². The summed E-state index contributed by atoms with van der Waals surface area (Å²) in [4.78, 5) is 21.5. The van der Waals surface area contributed by atoms with Gasteiger partial charge in [0.2, 0.25) is 0 Å². The molecule has 3 N–H and O–H groups in total. The molecule has 7 rings (SSSR count). The summed E-state index contributed by atoms with van der Waals surface area (Å²) in [5.74, 6) is -0.321. The van der Waals surface area contributed by atoms with E-state index < -0.39 is 5.82 Å². The first-order chi connectivity index (χ1) is 21.9. The summed E-state index contributed by atoms with van der Waals surface area (Å²) in [7, 11) is 3.98. The van der Waals surface area contributed by atoms with E-state index in [0.717, 1.165) is 42.9 Å². The van der Waals surface area contributed by atoms with Crippen molar-refractivity contribution in [2.45, 2.75) is 25.8 Å². The lowest BCUT2D eigenvalue weighted by Gasteiger charge is -2.26. The second kappa shape index (κ2) is 12.3. The number of aromatic amines is 2. The number of piperidine rings is 1. The zero-order valence-electron chi connectivity index (χ0n) is 25.4. The largest absolute Gasteiger partial charge is 0.384 e. The second-order valence-corrected chi connectivity index (χ2v) is 12.0. The molecule has 4 aromatic heterocycles. The fourth-order valence-electron chi connectivity index (χ4n) is 6.07. The van der Waals surface area contributed by atoms with Crippen LogP contribution in [0.5, 0.6) is 0 Å². The monoisotopic (exact) mass is 607 g/mol. The molecule has 0 amide bonds.